The highest BCUT2D eigenvalue weighted by Gasteiger charge is 2.19. The normalized spacial score (nSPS) is 13.7. The number of benzene rings is 2. The van der Waals surface area contributed by atoms with Crippen LogP contribution in [0.25, 0.3) is 11.6 Å². The molecule has 2 aromatic rings. The predicted octanol–water partition coefficient (Wildman–Crippen LogP) is 11.7. The number of allylic oxidation sites excluding steroid dienone is 5. The van der Waals surface area contributed by atoms with Gasteiger partial charge in [0.05, 0.1) is 0 Å². The van der Waals surface area contributed by atoms with Crippen molar-refractivity contribution in [1.29, 1.82) is 0 Å². The van der Waals surface area contributed by atoms with E-state index in [2.05, 4.69) is 143 Å². The molecule has 2 aromatic carbocycles. The summed E-state index contributed by atoms with van der Waals surface area (Å²) in [7, 11) is 0. The van der Waals surface area contributed by atoms with Gasteiger partial charge in [0, 0.05) is 9.65 Å². The molecule has 0 atom stereocenters. The summed E-state index contributed by atoms with van der Waals surface area (Å²) in [6.07, 6.45) is 8.75. The Morgan fingerprint density at radius 2 is 1.30 bits per heavy atom. The molecule has 0 aromatic heterocycles. The smallest absolute Gasteiger partial charge is 0.0158 e. The topological polar surface area (TPSA) is 0 Å². The number of thioether (sulfide) groups is 1. The zero-order valence-electron chi connectivity index (χ0n) is 26.0. The summed E-state index contributed by atoms with van der Waals surface area (Å²) in [6, 6.07) is 15.8. The molecular weight excluding hydrogens is 464 g/mol. The number of rotatable bonds is 6. The Hall–Kier alpha value is -2.25. The molecule has 0 bridgehead atoms. The van der Waals surface area contributed by atoms with Gasteiger partial charge in [0.1, 0.15) is 0 Å². The molecule has 0 aliphatic carbocycles. The largest absolute Gasteiger partial charge is 0.120 e. The van der Waals surface area contributed by atoms with E-state index in [-0.39, 0.29) is 15.6 Å². The summed E-state index contributed by atoms with van der Waals surface area (Å²) < 4.78 is 0.0894. The fourth-order valence-electron chi connectivity index (χ4n) is 3.84. The highest BCUT2D eigenvalue weighted by molar-refractivity contribution is 8.04. The molecule has 0 N–H and O–H groups in total. The summed E-state index contributed by atoms with van der Waals surface area (Å²) in [5, 5.41) is 0. The van der Waals surface area contributed by atoms with Gasteiger partial charge in [-0.25, -0.2) is 0 Å². The summed E-state index contributed by atoms with van der Waals surface area (Å²) in [4.78, 5) is 1.25. The van der Waals surface area contributed by atoms with Gasteiger partial charge in [-0.05, 0) is 69.7 Å². The maximum Gasteiger partial charge on any atom is 0.0158 e. The molecule has 0 aliphatic rings. The van der Waals surface area contributed by atoms with E-state index in [0.29, 0.717) is 0 Å². The lowest BCUT2D eigenvalue weighted by Crippen LogP contribution is -2.11. The van der Waals surface area contributed by atoms with Crippen molar-refractivity contribution in [2.24, 2.45) is 0 Å². The van der Waals surface area contributed by atoms with Crippen LogP contribution in [0.15, 0.2) is 77.7 Å². The van der Waals surface area contributed by atoms with Crippen molar-refractivity contribution in [1.82, 2.24) is 0 Å². The summed E-state index contributed by atoms with van der Waals surface area (Å²) in [6.45, 7) is 33.0. The monoisotopic (exact) mass is 516 g/mol. The van der Waals surface area contributed by atoms with Crippen molar-refractivity contribution in [3.8, 4) is 0 Å². The van der Waals surface area contributed by atoms with Crippen LogP contribution in [0.4, 0.5) is 0 Å². The average molecular weight is 517 g/mol. The second-order valence-corrected chi connectivity index (χ2v) is 14.4. The Labute approximate surface area is 234 Å². The first kappa shape index (κ1) is 32.8. The molecule has 0 heterocycles. The van der Waals surface area contributed by atoms with Crippen LogP contribution in [0, 0.1) is 6.92 Å². The van der Waals surface area contributed by atoms with E-state index < -0.39 is 0 Å². The van der Waals surface area contributed by atoms with Crippen LogP contribution in [0.5, 0.6) is 0 Å². The molecule has 1 heteroatoms. The molecule has 2 rings (SSSR count). The molecule has 0 saturated heterocycles. The summed E-state index contributed by atoms with van der Waals surface area (Å²) in [5.41, 5.74) is 9.22. The van der Waals surface area contributed by atoms with E-state index in [1.807, 2.05) is 31.7 Å². The first-order valence-corrected chi connectivity index (χ1v) is 14.5. The Kier molecular flexibility index (Phi) is 12.0. The second kappa shape index (κ2) is 13.5. The molecule has 0 unspecified atom stereocenters. The van der Waals surface area contributed by atoms with Gasteiger partial charge in [-0.2, -0.15) is 0 Å². The molecule has 202 valence electrons. The van der Waals surface area contributed by atoms with Crippen LogP contribution in [-0.2, 0) is 10.8 Å². The third-order valence-corrected chi connectivity index (χ3v) is 7.11. The number of hydrogen-bond acceptors (Lipinski definition) is 1. The lowest BCUT2D eigenvalue weighted by Gasteiger charge is -2.23. The zero-order chi connectivity index (χ0) is 28.6. The lowest BCUT2D eigenvalue weighted by atomic mass is 9.84. The third-order valence-electron chi connectivity index (χ3n) is 5.94. The Morgan fingerprint density at radius 1 is 0.784 bits per heavy atom. The van der Waals surface area contributed by atoms with E-state index in [4.69, 9.17) is 0 Å². The Bertz CT molecular complexity index is 1120. The Balaban J connectivity index is 0.00000334. The number of aryl methyl sites for hydroxylation is 1. The van der Waals surface area contributed by atoms with Crippen LogP contribution in [0.1, 0.15) is 111 Å². The molecule has 0 spiro atoms. The van der Waals surface area contributed by atoms with E-state index in [1.54, 1.807) is 0 Å². The third kappa shape index (κ3) is 10.6. The number of hydrogen-bond donors (Lipinski definition) is 0. The minimum absolute atomic E-state index is 0.0894. The van der Waals surface area contributed by atoms with Crippen molar-refractivity contribution < 1.29 is 0 Å². The van der Waals surface area contributed by atoms with Gasteiger partial charge in [-0.3, -0.25) is 0 Å². The summed E-state index contributed by atoms with van der Waals surface area (Å²) in [5.74, 6) is 0. The lowest BCUT2D eigenvalue weighted by molar-refractivity contribution is 0.589. The quantitative estimate of drug-likeness (QED) is 0.344. The van der Waals surface area contributed by atoms with Crippen molar-refractivity contribution in [2.75, 3.05) is 0 Å². The summed E-state index contributed by atoms with van der Waals surface area (Å²) >= 11 is 1.90. The second-order valence-electron chi connectivity index (χ2n) is 12.6. The van der Waals surface area contributed by atoms with E-state index in [9.17, 15) is 0 Å². The maximum atomic E-state index is 4.21. The van der Waals surface area contributed by atoms with Crippen LogP contribution >= 0.6 is 11.8 Å². The fraction of sp³-hybridized carbons (Fsp3) is 0.444. The Morgan fingerprint density at radius 3 is 1.73 bits per heavy atom. The SMILES string of the molecule is C=C\C(=C(/C=C(C)/C=C/c1ccc(C(C)(C)C)cc1)SC(C)(C)C)c1ccc(C(C)(C)C)cc1C.CC. The molecule has 0 saturated carbocycles. The van der Waals surface area contributed by atoms with E-state index >= 15 is 0 Å². The van der Waals surface area contributed by atoms with Gasteiger partial charge in [0.25, 0.3) is 0 Å². The first-order chi connectivity index (χ1) is 17.0. The van der Waals surface area contributed by atoms with Crippen molar-refractivity contribution >= 4 is 23.4 Å². The van der Waals surface area contributed by atoms with Crippen LogP contribution < -0.4 is 0 Å². The highest BCUT2D eigenvalue weighted by atomic mass is 32.2. The van der Waals surface area contributed by atoms with Gasteiger partial charge < -0.3 is 0 Å². The van der Waals surface area contributed by atoms with Crippen LogP contribution in [-0.4, -0.2) is 4.75 Å². The highest BCUT2D eigenvalue weighted by Crippen LogP contribution is 2.39. The van der Waals surface area contributed by atoms with Gasteiger partial charge >= 0.3 is 0 Å². The molecule has 0 nitrogen and oxygen atoms in total. The molecule has 0 amide bonds. The van der Waals surface area contributed by atoms with Gasteiger partial charge in [0.15, 0.2) is 0 Å². The molecule has 37 heavy (non-hydrogen) atoms. The van der Waals surface area contributed by atoms with Crippen molar-refractivity contribution in [2.45, 2.75) is 106 Å². The average Bonchev–Trinajstić information content (AvgIpc) is 2.78. The van der Waals surface area contributed by atoms with Gasteiger partial charge in [-0.15, -0.1) is 11.8 Å². The van der Waals surface area contributed by atoms with Gasteiger partial charge in [-0.1, -0.05) is 143 Å². The van der Waals surface area contributed by atoms with Crippen molar-refractivity contribution in [3.05, 3.63) is 106 Å². The van der Waals surface area contributed by atoms with Gasteiger partial charge in [0.2, 0.25) is 0 Å². The minimum Gasteiger partial charge on any atom is -0.120 e. The molecule has 0 radical (unpaired) electrons. The van der Waals surface area contributed by atoms with Crippen LogP contribution in [0.3, 0.4) is 0 Å². The van der Waals surface area contributed by atoms with Crippen LogP contribution in [0.2, 0.25) is 0 Å². The molecular formula is C36H52S. The molecule has 0 fully saturated rings. The standard InChI is InChI=1S/C34H46S.C2H6/c1-13-29(30-21-20-28(23-25(30)3)33(7,8)9)31(35-34(10,11)12)22-24(2)14-15-26-16-18-27(19-17-26)32(4,5)6;1-2/h13-23H,1H2,2-12H3;1-2H3/b15-14+,24-22+,31-29-;. The minimum atomic E-state index is 0.0894. The van der Waals surface area contributed by atoms with Crippen molar-refractivity contribution in [3.63, 3.8) is 0 Å². The molecule has 0 aliphatic heterocycles. The van der Waals surface area contributed by atoms with E-state index in [1.165, 1.54) is 43.9 Å². The fourth-order valence-corrected chi connectivity index (χ4v) is 5.05. The first-order valence-electron chi connectivity index (χ1n) is 13.7. The predicted molar refractivity (Wildman–Crippen MR) is 174 cm³/mol. The zero-order valence-corrected chi connectivity index (χ0v) is 26.8. The van der Waals surface area contributed by atoms with E-state index in [0.717, 1.165) is 0 Å². The maximum absolute atomic E-state index is 4.21.